The highest BCUT2D eigenvalue weighted by Crippen LogP contribution is 2.29. The number of nitrogens with zero attached hydrogens (tertiary/aromatic N) is 2. The summed E-state index contributed by atoms with van der Waals surface area (Å²) in [5.41, 5.74) is -0.0586. The van der Waals surface area contributed by atoms with Gasteiger partial charge in [-0.15, -0.1) is 0 Å². The number of aromatic nitrogens is 1. The number of carbonyl (C=O) groups excluding carboxylic acids is 2. The zero-order valence-corrected chi connectivity index (χ0v) is 13.0. The molecular formula is C15H19F2N3O3. The summed E-state index contributed by atoms with van der Waals surface area (Å²) in [5.74, 6) is -3.96. The summed E-state index contributed by atoms with van der Waals surface area (Å²) in [6.45, 7) is 6.65. The molecule has 0 bridgehead atoms. The van der Waals surface area contributed by atoms with Crippen LogP contribution in [0, 0.1) is 0 Å². The van der Waals surface area contributed by atoms with Gasteiger partial charge in [0.1, 0.15) is 12.3 Å². The Morgan fingerprint density at radius 2 is 2.26 bits per heavy atom. The van der Waals surface area contributed by atoms with E-state index in [1.807, 2.05) is 13.8 Å². The lowest BCUT2D eigenvalue weighted by Crippen LogP contribution is -2.59. The van der Waals surface area contributed by atoms with Crippen molar-refractivity contribution in [1.82, 2.24) is 15.2 Å². The third-order valence-electron chi connectivity index (χ3n) is 3.67. The predicted octanol–water partition coefficient (Wildman–Crippen LogP) is 1.95. The number of nitrogens with one attached hydrogen (secondary N) is 1. The van der Waals surface area contributed by atoms with E-state index in [2.05, 4.69) is 16.9 Å². The van der Waals surface area contributed by atoms with E-state index in [9.17, 15) is 18.4 Å². The molecule has 1 aromatic rings. The Morgan fingerprint density at radius 1 is 1.57 bits per heavy atom. The fourth-order valence-corrected chi connectivity index (χ4v) is 2.27. The number of carbonyl (C=O) groups is 2. The molecule has 0 radical (unpaired) electrons. The van der Waals surface area contributed by atoms with E-state index in [0.29, 0.717) is 5.89 Å². The smallest absolute Gasteiger partial charge is 0.273 e. The van der Waals surface area contributed by atoms with Gasteiger partial charge < -0.3 is 14.6 Å². The first-order valence-electron chi connectivity index (χ1n) is 7.30. The molecule has 1 aliphatic rings. The summed E-state index contributed by atoms with van der Waals surface area (Å²) in [4.78, 5) is 28.9. The first kappa shape index (κ1) is 17.1. The van der Waals surface area contributed by atoms with Gasteiger partial charge in [0.05, 0.1) is 0 Å². The van der Waals surface area contributed by atoms with Gasteiger partial charge in [0.25, 0.3) is 11.8 Å². The van der Waals surface area contributed by atoms with E-state index >= 15 is 0 Å². The average Bonchev–Trinajstić information content (AvgIpc) is 2.98. The van der Waals surface area contributed by atoms with Gasteiger partial charge in [-0.3, -0.25) is 9.59 Å². The van der Waals surface area contributed by atoms with Crippen molar-refractivity contribution in [1.29, 1.82) is 0 Å². The second-order valence-electron chi connectivity index (χ2n) is 5.75. The molecule has 0 aromatic carbocycles. The van der Waals surface area contributed by atoms with Crippen molar-refractivity contribution in [3.8, 4) is 0 Å². The van der Waals surface area contributed by atoms with Gasteiger partial charge >= 0.3 is 0 Å². The fraction of sp³-hybridized carbons (Fsp3) is 0.533. The van der Waals surface area contributed by atoms with Crippen molar-refractivity contribution in [2.75, 3.05) is 13.1 Å². The number of likely N-dealkylation sites (tertiary alicyclic amines) is 1. The van der Waals surface area contributed by atoms with Crippen LogP contribution in [0.3, 0.4) is 0 Å². The molecule has 0 spiro atoms. The summed E-state index contributed by atoms with van der Waals surface area (Å²) in [7, 11) is 0. The molecule has 1 aliphatic heterocycles. The molecule has 2 amide bonds. The molecule has 1 saturated heterocycles. The summed E-state index contributed by atoms with van der Waals surface area (Å²) in [5, 5.41) is 2.25. The fourth-order valence-electron chi connectivity index (χ4n) is 2.27. The minimum absolute atomic E-state index is 0.0200. The van der Waals surface area contributed by atoms with Crippen molar-refractivity contribution in [2.24, 2.45) is 0 Å². The molecule has 1 fully saturated rings. The number of hydrogen-bond acceptors (Lipinski definition) is 4. The minimum Gasteiger partial charge on any atom is -0.448 e. The van der Waals surface area contributed by atoms with E-state index in [1.54, 1.807) is 0 Å². The average molecular weight is 327 g/mol. The van der Waals surface area contributed by atoms with Crippen LogP contribution in [0.4, 0.5) is 8.78 Å². The standard InChI is InChI=1S/C15H19F2N3O3/c1-4-12(21)20-6-5-15(16,17)11(7-20)19-13(22)10-8-23-14(18-10)9(2)3/h4,8-9,11H,1,5-7H2,2-3H3,(H,19,22)/t11-/m1/s1. The lowest BCUT2D eigenvalue weighted by Gasteiger charge is -2.38. The van der Waals surface area contributed by atoms with Crippen molar-refractivity contribution >= 4 is 11.8 Å². The highest BCUT2D eigenvalue weighted by atomic mass is 19.3. The Kier molecular flexibility index (Phi) is 4.82. The van der Waals surface area contributed by atoms with Gasteiger partial charge in [-0.05, 0) is 6.08 Å². The molecule has 1 atom stereocenters. The molecule has 1 N–H and O–H groups in total. The second-order valence-corrected chi connectivity index (χ2v) is 5.75. The summed E-state index contributed by atoms with van der Waals surface area (Å²) in [6, 6.07) is -1.48. The Labute approximate surface area is 132 Å². The van der Waals surface area contributed by atoms with E-state index in [1.165, 1.54) is 4.90 Å². The molecule has 8 heteroatoms. The molecule has 0 aliphatic carbocycles. The first-order valence-corrected chi connectivity index (χ1v) is 7.30. The van der Waals surface area contributed by atoms with Crippen LogP contribution >= 0.6 is 0 Å². The number of alkyl halides is 2. The summed E-state index contributed by atoms with van der Waals surface area (Å²) >= 11 is 0. The van der Waals surface area contributed by atoms with Crippen LogP contribution in [0.5, 0.6) is 0 Å². The number of amides is 2. The minimum atomic E-state index is -3.10. The van der Waals surface area contributed by atoms with Crippen LogP contribution in [-0.4, -0.2) is 46.8 Å². The van der Waals surface area contributed by atoms with Gasteiger partial charge in [0.15, 0.2) is 11.6 Å². The van der Waals surface area contributed by atoms with Crippen LogP contribution in [0.1, 0.15) is 42.6 Å². The summed E-state index contributed by atoms with van der Waals surface area (Å²) in [6.07, 6.45) is 1.68. The van der Waals surface area contributed by atoms with Gasteiger partial charge in [-0.1, -0.05) is 20.4 Å². The Balaban J connectivity index is 2.09. The Bertz CT molecular complexity index is 613. The van der Waals surface area contributed by atoms with Crippen LogP contribution in [0.2, 0.25) is 0 Å². The molecule has 23 heavy (non-hydrogen) atoms. The number of hydrogen-bond donors (Lipinski definition) is 1. The van der Waals surface area contributed by atoms with Crippen molar-refractivity contribution < 1.29 is 22.8 Å². The SMILES string of the molecule is C=CC(=O)N1CCC(F)(F)[C@H](NC(=O)c2coc(C(C)C)n2)C1. The van der Waals surface area contributed by atoms with Gasteiger partial charge in [0.2, 0.25) is 5.91 Å². The number of rotatable bonds is 4. The third-order valence-corrected chi connectivity index (χ3v) is 3.67. The highest BCUT2D eigenvalue weighted by Gasteiger charge is 2.45. The van der Waals surface area contributed by atoms with E-state index in [-0.39, 0.29) is 24.7 Å². The molecule has 6 nitrogen and oxygen atoms in total. The van der Waals surface area contributed by atoms with Crippen molar-refractivity contribution in [3.63, 3.8) is 0 Å². The summed E-state index contributed by atoms with van der Waals surface area (Å²) < 4.78 is 33.1. The van der Waals surface area contributed by atoms with E-state index in [0.717, 1.165) is 12.3 Å². The third kappa shape index (κ3) is 3.75. The lowest BCUT2D eigenvalue weighted by molar-refractivity contribution is -0.135. The molecule has 0 unspecified atom stereocenters. The lowest BCUT2D eigenvalue weighted by atomic mass is 10.0. The zero-order valence-electron chi connectivity index (χ0n) is 13.0. The monoisotopic (exact) mass is 327 g/mol. The van der Waals surface area contributed by atoms with Gasteiger partial charge in [-0.25, -0.2) is 13.8 Å². The normalized spacial score (nSPS) is 20.4. The Morgan fingerprint density at radius 3 is 2.83 bits per heavy atom. The van der Waals surface area contributed by atoms with Crippen LogP contribution in [0.25, 0.3) is 0 Å². The number of halogens is 2. The second kappa shape index (κ2) is 6.47. The van der Waals surface area contributed by atoms with Gasteiger partial charge in [0, 0.05) is 25.4 Å². The predicted molar refractivity (Wildman–Crippen MR) is 78.2 cm³/mol. The maximum atomic E-state index is 14.0. The zero-order chi connectivity index (χ0) is 17.2. The van der Waals surface area contributed by atoms with E-state index < -0.39 is 30.2 Å². The van der Waals surface area contributed by atoms with E-state index in [4.69, 9.17) is 4.42 Å². The first-order chi connectivity index (χ1) is 10.7. The molecule has 0 saturated carbocycles. The van der Waals surface area contributed by atoms with Crippen LogP contribution in [0.15, 0.2) is 23.3 Å². The molecule has 2 heterocycles. The number of oxazole rings is 1. The largest absolute Gasteiger partial charge is 0.448 e. The Hall–Kier alpha value is -2.25. The van der Waals surface area contributed by atoms with Gasteiger partial charge in [-0.2, -0.15) is 0 Å². The molecule has 1 aromatic heterocycles. The molecule has 126 valence electrons. The van der Waals surface area contributed by atoms with Crippen LogP contribution < -0.4 is 5.32 Å². The molecular weight excluding hydrogens is 308 g/mol. The van der Waals surface area contributed by atoms with Crippen molar-refractivity contribution in [2.45, 2.75) is 38.2 Å². The van der Waals surface area contributed by atoms with Crippen LogP contribution in [-0.2, 0) is 4.79 Å². The maximum absolute atomic E-state index is 14.0. The van der Waals surface area contributed by atoms with Crippen molar-refractivity contribution in [3.05, 3.63) is 30.5 Å². The maximum Gasteiger partial charge on any atom is 0.273 e. The number of piperidine rings is 1. The molecule has 2 rings (SSSR count). The topological polar surface area (TPSA) is 75.4 Å². The highest BCUT2D eigenvalue weighted by molar-refractivity contribution is 5.92. The quantitative estimate of drug-likeness (QED) is 0.858.